The van der Waals surface area contributed by atoms with Gasteiger partial charge in [-0.1, -0.05) is 0 Å². The van der Waals surface area contributed by atoms with Crippen molar-refractivity contribution in [3.63, 3.8) is 0 Å². The molecule has 0 spiro atoms. The van der Waals surface area contributed by atoms with Gasteiger partial charge in [0.15, 0.2) is 5.82 Å². The zero-order chi connectivity index (χ0) is 8.23. The first-order chi connectivity index (χ1) is 5.97. The third kappa shape index (κ3) is 1.29. The summed E-state index contributed by atoms with van der Waals surface area (Å²) in [6.45, 7) is 0. The molecular weight excluding hydrogens is 150 g/mol. The zero-order valence-electron chi connectivity index (χ0n) is 6.38. The molecule has 0 aromatic carbocycles. The first-order valence-corrected chi connectivity index (χ1v) is 3.64. The van der Waals surface area contributed by atoms with Crippen molar-refractivity contribution in [2.24, 2.45) is 0 Å². The van der Waals surface area contributed by atoms with Crippen LogP contribution in [0.2, 0.25) is 0 Å². The maximum Gasteiger partial charge on any atom is 0.159 e. The first-order valence-electron chi connectivity index (χ1n) is 3.64. The molecule has 3 heteroatoms. The summed E-state index contributed by atoms with van der Waals surface area (Å²) in [5.41, 5.74) is 0.991. The van der Waals surface area contributed by atoms with Crippen LogP contribution in [0.3, 0.4) is 0 Å². The molecule has 0 aliphatic heterocycles. The lowest BCUT2D eigenvalue weighted by atomic mass is 10.2. The fourth-order valence-corrected chi connectivity index (χ4v) is 0.949. The van der Waals surface area contributed by atoms with Crippen molar-refractivity contribution in [2.45, 2.75) is 0 Å². The molecule has 0 aliphatic rings. The van der Waals surface area contributed by atoms with E-state index in [1.165, 1.54) is 0 Å². The zero-order valence-corrected chi connectivity index (χ0v) is 6.38. The van der Waals surface area contributed by atoms with Crippen LogP contribution in [-0.4, -0.2) is 15.0 Å². The summed E-state index contributed by atoms with van der Waals surface area (Å²) in [7, 11) is 0. The molecule has 0 fully saturated rings. The van der Waals surface area contributed by atoms with Crippen molar-refractivity contribution < 1.29 is 0 Å². The fraction of sp³-hybridized carbons (Fsp3) is 0. The second-order valence-electron chi connectivity index (χ2n) is 2.31. The smallest absolute Gasteiger partial charge is 0.159 e. The number of rotatable bonds is 1. The van der Waals surface area contributed by atoms with E-state index in [-0.39, 0.29) is 0 Å². The van der Waals surface area contributed by atoms with Gasteiger partial charge in [-0.15, -0.1) is 0 Å². The first kappa shape index (κ1) is 6.91. The predicted octanol–water partition coefficient (Wildman–Crippen LogP) is 1.54. The Kier molecular flexibility index (Phi) is 1.78. The summed E-state index contributed by atoms with van der Waals surface area (Å²) in [4.78, 5) is 12.1. The van der Waals surface area contributed by atoms with Crippen molar-refractivity contribution in [2.75, 3.05) is 0 Å². The summed E-state index contributed by atoms with van der Waals surface area (Å²) < 4.78 is 0. The lowest BCUT2D eigenvalue weighted by Gasteiger charge is -1.95. The Balaban J connectivity index is 2.46. The van der Waals surface area contributed by atoms with Gasteiger partial charge in [-0.25, -0.2) is 9.97 Å². The monoisotopic (exact) mass is 157 g/mol. The van der Waals surface area contributed by atoms with Gasteiger partial charge in [0, 0.05) is 30.4 Å². The molecule has 0 unspecified atom stereocenters. The minimum Gasteiger partial charge on any atom is -0.265 e. The van der Waals surface area contributed by atoms with Crippen LogP contribution in [0.1, 0.15) is 0 Å². The second kappa shape index (κ2) is 3.09. The minimum absolute atomic E-state index is 0.736. The van der Waals surface area contributed by atoms with Crippen LogP contribution in [-0.2, 0) is 0 Å². The summed E-state index contributed by atoms with van der Waals surface area (Å²) >= 11 is 0. The van der Waals surface area contributed by atoms with Crippen LogP contribution in [0.25, 0.3) is 11.4 Å². The van der Waals surface area contributed by atoms with Crippen molar-refractivity contribution >= 4 is 0 Å². The molecule has 0 saturated carbocycles. The van der Waals surface area contributed by atoms with E-state index >= 15 is 0 Å². The van der Waals surface area contributed by atoms with Crippen molar-refractivity contribution in [1.82, 2.24) is 15.0 Å². The largest absolute Gasteiger partial charge is 0.265 e. The van der Waals surface area contributed by atoms with Crippen molar-refractivity contribution in [3.8, 4) is 11.4 Å². The van der Waals surface area contributed by atoms with Crippen molar-refractivity contribution in [1.29, 1.82) is 0 Å². The van der Waals surface area contributed by atoms with Gasteiger partial charge < -0.3 is 0 Å². The highest BCUT2D eigenvalue weighted by molar-refractivity contribution is 5.52. The standard InChI is InChI=1S/C9H7N3/c1-4-11-9(12-5-1)8-2-6-10-7-3-8/h1-7H. The molecule has 0 amide bonds. The third-order valence-electron chi connectivity index (χ3n) is 1.50. The van der Waals surface area contributed by atoms with Crippen LogP contribution < -0.4 is 0 Å². The molecule has 2 rings (SSSR count). The SMILES string of the molecule is c1cnc(-c2ccncc2)nc1. The molecule has 3 nitrogen and oxygen atoms in total. The maximum atomic E-state index is 4.11. The van der Waals surface area contributed by atoms with E-state index in [0.29, 0.717) is 0 Å². The lowest BCUT2D eigenvalue weighted by molar-refractivity contribution is 1.17. The summed E-state index contributed by atoms with van der Waals surface area (Å²) in [6, 6.07) is 5.56. The Morgan fingerprint density at radius 2 is 1.50 bits per heavy atom. The van der Waals surface area contributed by atoms with E-state index < -0.39 is 0 Å². The number of nitrogens with zero attached hydrogens (tertiary/aromatic N) is 3. The number of hydrogen-bond acceptors (Lipinski definition) is 3. The van der Waals surface area contributed by atoms with Gasteiger partial charge in [-0.05, 0) is 18.2 Å². The highest BCUT2D eigenvalue weighted by Gasteiger charge is 1.95. The van der Waals surface area contributed by atoms with E-state index in [9.17, 15) is 0 Å². The Morgan fingerprint density at radius 3 is 2.17 bits per heavy atom. The van der Waals surface area contributed by atoms with Crippen LogP contribution >= 0.6 is 0 Å². The van der Waals surface area contributed by atoms with Crippen LogP contribution in [0, 0.1) is 0 Å². The molecule has 0 N–H and O–H groups in total. The highest BCUT2D eigenvalue weighted by atomic mass is 14.9. The maximum absolute atomic E-state index is 4.11. The van der Waals surface area contributed by atoms with Gasteiger partial charge in [-0.2, -0.15) is 0 Å². The summed E-state index contributed by atoms with van der Waals surface area (Å²) in [6.07, 6.45) is 6.91. The molecule has 2 aromatic heterocycles. The number of aromatic nitrogens is 3. The molecule has 2 heterocycles. The van der Waals surface area contributed by atoms with E-state index in [0.717, 1.165) is 11.4 Å². The van der Waals surface area contributed by atoms with Crippen LogP contribution in [0.15, 0.2) is 43.0 Å². The van der Waals surface area contributed by atoms with Gasteiger partial charge in [0.1, 0.15) is 0 Å². The summed E-state index contributed by atoms with van der Waals surface area (Å²) in [5, 5.41) is 0. The van der Waals surface area contributed by atoms with Gasteiger partial charge >= 0.3 is 0 Å². The van der Waals surface area contributed by atoms with E-state index in [4.69, 9.17) is 0 Å². The molecule has 2 aromatic rings. The fourth-order valence-electron chi connectivity index (χ4n) is 0.949. The molecule has 0 saturated heterocycles. The van der Waals surface area contributed by atoms with Gasteiger partial charge in [0.25, 0.3) is 0 Å². The van der Waals surface area contributed by atoms with E-state index in [2.05, 4.69) is 15.0 Å². The van der Waals surface area contributed by atoms with E-state index in [1.807, 2.05) is 12.1 Å². The Morgan fingerprint density at radius 1 is 0.833 bits per heavy atom. The normalized spacial score (nSPS) is 9.67. The average molecular weight is 157 g/mol. The van der Waals surface area contributed by atoms with E-state index in [1.54, 1.807) is 30.9 Å². The predicted molar refractivity (Wildman–Crippen MR) is 45.3 cm³/mol. The molecule has 12 heavy (non-hydrogen) atoms. The topological polar surface area (TPSA) is 38.7 Å². The van der Waals surface area contributed by atoms with Gasteiger partial charge in [0.05, 0.1) is 0 Å². The summed E-state index contributed by atoms with van der Waals surface area (Å²) in [5.74, 6) is 0.736. The van der Waals surface area contributed by atoms with Crippen LogP contribution in [0.5, 0.6) is 0 Å². The number of pyridine rings is 1. The Bertz CT molecular complexity index is 307. The Labute approximate surface area is 70.1 Å². The molecule has 0 bridgehead atoms. The third-order valence-corrected chi connectivity index (χ3v) is 1.50. The quantitative estimate of drug-likeness (QED) is 0.630. The van der Waals surface area contributed by atoms with Crippen molar-refractivity contribution in [3.05, 3.63) is 43.0 Å². The highest BCUT2D eigenvalue weighted by Crippen LogP contribution is 2.10. The van der Waals surface area contributed by atoms with Gasteiger partial charge in [-0.3, -0.25) is 4.98 Å². The number of hydrogen-bond donors (Lipinski definition) is 0. The molecular formula is C9H7N3. The van der Waals surface area contributed by atoms with Gasteiger partial charge in [0.2, 0.25) is 0 Å². The molecule has 0 aliphatic carbocycles. The van der Waals surface area contributed by atoms with Crippen LogP contribution in [0.4, 0.5) is 0 Å². The lowest BCUT2D eigenvalue weighted by Crippen LogP contribution is -1.85. The molecule has 0 atom stereocenters. The average Bonchev–Trinajstić information content (AvgIpc) is 2.21. The second-order valence-corrected chi connectivity index (χ2v) is 2.31. The Hall–Kier alpha value is -1.77. The molecule has 58 valence electrons. The minimum atomic E-state index is 0.736. The molecule has 0 radical (unpaired) electrons.